The van der Waals surface area contributed by atoms with Gasteiger partial charge >= 0.3 is 0 Å². The third-order valence-electron chi connectivity index (χ3n) is 0.703. The topological polar surface area (TPSA) is 23.5 Å². The van der Waals surface area contributed by atoms with Gasteiger partial charge in [0.1, 0.15) is 0 Å². The van der Waals surface area contributed by atoms with Crippen molar-refractivity contribution < 1.29 is 5.11 Å². The van der Waals surface area contributed by atoms with Crippen molar-refractivity contribution >= 4 is 0 Å². The Labute approximate surface area is 51.1 Å². The minimum atomic E-state index is -0.552. The summed E-state index contributed by atoms with van der Waals surface area (Å²) in [6.07, 6.45) is 0. The zero-order valence-corrected chi connectivity index (χ0v) is 6.10. The van der Waals surface area contributed by atoms with Gasteiger partial charge in [-0.3, -0.25) is 0 Å². The van der Waals surface area contributed by atoms with E-state index in [0.29, 0.717) is 6.54 Å². The Morgan fingerprint density at radius 1 is 1.38 bits per heavy atom. The molecular weight excluding hydrogens is 102 g/mol. The third-order valence-corrected chi connectivity index (χ3v) is 0.703. The molecule has 0 aliphatic rings. The van der Waals surface area contributed by atoms with E-state index in [9.17, 15) is 0 Å². The zero-order valence-electron chi connectivity index (χ0n) is 6.10. The Morgan fingerprint density at radius 3 is 1.75 bits per heavy atom. The predicted octanol–water partition coefficient (Wildman–Crippen LogP) is 0.319. The molecule has 0 saturated heterocycles. The average molecular weight is 117 g/mol. The fraction of sp³-hybridized carbons (Fsp3) is 1.00. The molecule has 8 heavy (non-hydrogen) atoms. The van der Waals surface area contributed by atoms with E-state index in [0.717, 1.165) is 0 Å². The molecule has 0 aromatic heterocycles. The summed E-state index contributed by atoms with van der Waals surface area (Å²) in [7, 11) is 3.88. The van der Waals surface area contributed by atoms with Crippen molar-refractivity contribution in [2.45, 2.75) is 19.4 Å². The van der Waals surface area contributed by atoms with Gasteiger partial charge in [0, 0.05) is 6.54 Å². The van der Waals surface area contributed by atoms with Gasteiger partial charge in [0.25, 0.3) is 0 Å². The summed E-state index contributed by atoms with van der Waals surface area (Å²) in [5.74, 6) is 0. The smallest absolute Gasteiger partial charge is 0.0717 e. The van der Waals surface area contributed by atoms with Crippen LogP contribution in [-0.4, -0.2) is 36.2 Å². The molecule has 0 unspecified atom stereocenters. The molecule has 0 spiro atoms. The quantitative estimate of drug-likeness (QED) is 0.563. The van der Waals surface area contributed by atoms with Gasteiger partial charge in [-0.15, -0.1) is 0 Å². The number of aliphatic hydroxyl groups is 1. The molecule has 50 valence electrons. The molecule has 0 rings (SSSR count). The summed E-state index contributed by atoms with van der Waals surface area (Å²) in [5.41, 5.74) is -0.552. The lowest BCUT2D eigenvalue weighted by Crippen LogP contribution is -2.33. The van der Waals surface area contributed by atoms with Crippen molar-refractivity contribution in [3.63, 3.8) is 0 Å². The van der Waals surface area contributed by atoms with Gasteiger partial charge in [0.2, 0.25) is 0 Å². The fourth-order valence-electron chi connectivity index (χ4n) is 0.774. The van der Waals surface area contributed by atoms with Crippen LogP contribution in [0.5, 0.6) is 0 Å². The van der Waals surface area contributed by atoms with Crippen LogP contribution in [-0.2, 0) is 0 Å². The third kappa shape index (κ3) is 5.92. The van der Waals surface area contributed by atoms with Crippen molar-refractivity contribution in [1.29, 1.82) is 0 Å². The van der Waals surface area contributed by atoms with Gasteiger partial charge in [-0.25, -0.2) is 0 Å². The molecular formula is C6H15NO. The molecule has 0 saturated carbocycles. The van der Waals surface area contributed by atoms with Gasteiger partial charge < -0.3 is 10.0 Å². The van der Waals surface area contributed by atoms with E-state index in [1.165, 1.54) is 0 Å². The summed E-state index contributed by atoms with van der Waals surface area (Å²) in [5, 5.41) is 9.15. The van der Waals surface area contributed by atoms with Gasteiger partial charge in [-0.1, -0.05) is 0 Å². The molecule has 2 heteroatoms. The van der Waals surface area contributed by atoms with Crippen LogP contribution in [0, 0.1) is 0 Å². The molecule has 0 amide bonds. The van der Waals surface area contributed by atoms with E-state index in [1.807, 2.05) is 19.0 Å². The van der Waals surface area contributed by atoms with Gasteiger partial charge in [0.15, 0.2) is 0 Å². The molecule has 0 atom stereocenters. The summed E-state index contributed by atoms with van der Waals surface area (Å²) in [4.78, 5) is 1.96. The van der Waals surface area contributed by atoms with Crippen LogP contribution in [0.2, 0.25) is 0 Å². The van der Waals surface area contributed by atoms with Gasteiger partial charge in [0.05, 0.1) is 5.60 Å². The highest BCUT2D eigenvalue weighted by Gasteiger charge is 2.12. The first-order valence-electron chi connectivity index (χ1n) is 2.79. The molecule has 2 nitrogen and oxygen atoms in total. The van der Waals surface area contributed by atoms with E-state index < -0.39 is 5.60 Å². The van der Waals surface area contributed by atoms with E-state index >= 15 is 0 Å². The second-order valence-corrected chi connectivity index (χ2v) is 3.05. The van der Waals surface area contributed by atoms with Crippen molar-refractivity contribution in [2.75, 3.05) is 20.6 Å². The highest BCUT2D eigenvalue weighted by Crippen LogP contribution is 1.99. The Hall–Kier alpha value is -0.0800. The predicted molar refractivity (Wildman–Crippen MR) is 34.9 cm³/mol. The normalized spacial score (nSPS) is 12.8. The molecule has 0 radical (unpaired) electrons. The molecule has 0 fully saturated rings. The van der Waals surface area contributed by atoms with Crippen LogP contribution in [0.1, 0.15) is 13.8 Å². The van der Waals surface area contributed by atoms with Crippen LogP contribution in [0.3, 0.4) is 0 Å². The first-order valence-corrected chi connectivity index (χ1v) is 2.79. The number of hydrogen-bond donors (Lipinski definition) is 1. The monoisotopic (exact) mass is 117 g/mol. The minimum Gasteiger partial charge on any atom is -0.389 e. The van der Waals surface area contributed by atoms with Crippen LogP contribution in [0.25, 0.3) is 0 Å². The molecule has 1 N–H and O–H groups in total. The van der Waals surface area contributed by atoms with Crippen LogP contribution in [0.4, 0.5) is 0 Å². The van der Waals surface area contributed by atoms with Crippen LogP contribution in [0.15, 0.2) is 0 Å². The molecule has 0 aliphatic carbocycles. The van der Waals surface area contributed by atoms with E-state index in [2.05, 4.69) is 0 Å². The molecule has 0 bridgehead atoms. The summed E-state index contributed by atoms with van der Waals surface area (Å²) in [6.45, 7) is 4.31. The molecule has 0 aliphatic heterocycles. The zero-order chi connectivity index (χ0) is 6.78. The molecule has 0 aromatic carbocycles. The Balaban J connectivity index is 3.39. The lowest BCUT2D eigenvalue weighted by Gasteiger charge is -2.21. The Morgan fingerprint density at radius 2 is 1.75 bits per heavy atom. The highest BCUT2D eigenvalue weighted by molar-refractivity contribution is 4.66. The number of likely N-dealkylation sites (N-methyl/N-ethyl adjacent to an activating group) is 1. The molecule has 0 heterocycles. The maximum atomic E-state index is 9.15. The Kier molecular flexibility index (Phi) is 2.44. The van der Waals surface area contributed by atoms with Crippen molar-refractivity contribution in [3.8, 4) is 0 Å². The lowest BCUT2D eigenvalue weighted by atomic mass is 10.1. The average Bonchev–Trinajstić information content (AvgIpc) is 1.21. The fourth-order valence-corrected chi connectivity index (χ4v) is 0.774. The van der Waals surface area contributed by atoms with Crippen LogP contribution < -0.4 is 0 Å². The first-order chi connectivity index (χ1) is 3.42. The number of rotatable bonds is 2. The number of hydrogen-bond acceptors (Lipinski definition) is 2. The van der Waals surface area contributed by atoms with Gasteiger partial charge in [-0.05, 0) is 27.9 Å². The standard InChI is InChI=1S/C6H15NO/c1-6(2,8)5-7(3)4/h8H,5H2,1-4H3. The lowest BCUT2D eigenvalue weighted by molar-refractivity contribution is 0.0519. The SMILES string of the molecule is CN(C)CC(C)(C)O. The highest BCUT2D eigenvalue weighted by atomic mass is 16.3. The van der Waals surface area contributed by atoms with E-state index in [4.69, 9.17) is 5.11 Å². The molecule has 0 aromatic rings. The summed E-state index contributed by atoms with van der Waals surface area (Å²) < 4.78 is 0. The van der Waals surface area contributed by atoms with Gasteiger partial charge in [-0.2, -0.15) is 0 Å². The van der Waals surface area contributed by atoms with E-state index in [-0.39, 0.29) is 0 Å². The summed E-state index contributed by atoms with van der Waals surface area (Å²) in [6, 6.07) is 0. The van der Waals surface area contributed by atoms with E-state index in [1.54, 1.807) is 13.8 Å². The first kappa shape index (κ1) is 7.92. The van der Waals surface area contributed by atoms with Crippen LogP contribution >= 0.6 is 0 Å². The minimum absolute atomic E-state index is 0.552. The second-order valence-electron chi connectivity index (χ2n) is 3.05. The van der Waals surface area contributed by atoms with Crippen molar-refractivity contribution in [2.24, 2.45) is 0 Å². The maximum Gasteiger partial charge on any atom is 0.0717 e. The maximum absolute atomic E-state index is 9.15. The number of nitrogens with zero attached hydrogens (tertiary/aromatic N) is 1. The second kappa shape index (κ2) is 2.46. The summed E-state index contributed by atoms with van der Waals surface area (Å²) >= 11 is 0. The van der Waals surface area contributed by atoms with Crippen molar-refractivity contribution in [3.05, 3.63) is 0 Å². The van der Waals surface area contributed by atoms with Crippen molar-refractivity contribution in [1.82, 2.24) is 4.90 Å². The Bertz CT molecular complexity index is 63.4. The largest absolute Gasteiger partial charge is 0.389 e.